The van der Waals surface area contributed by atoms with Gasteiger partial charge in [0.1, 0.15) is 16.4 Å². The van der Waals surface area contributed by atoms with Crippen molar-refractivity contribution in [3.8, 4) is 11.5 Å². The minimum atomic E-state index is -4.93. The van der Waals surface area contributed by atoms with Gasteiger partial charge in [-0.3, -0.25) is 9.52 Å². The van der Waals surface area contributed by atoms with E-state index >= 15 is 0 Å². The highest BCUT2D eigenvalue weighted by atomic mass is 32.2. The van der Waals surface area contributed by atoms with Crippen LogP contribution < -0.4 is 19.5 Å². The van der Waals surface area contributed by atoms with Crippen LogP contribution in [0.5, 0.6) is 11.5 Å². The molecular formula is C22H25F3N2O6S. The maximum atomic E-state index is 12.9. The lowest BCUT2D eigenvalue weighted by Crippen LogP contribution is -2.26. The first-order chi connectivity index (χ1) is 15.8. The van der Waals surface area contributed by atoms with E-state index in [0.29, 0.717) is 5.57 Å². The predicted molar refractivity (Wildman–Crippen MR) is 120 cm³/mol. The highest BCUT2D eigenvalue weighted by Gasteiger charge is 2.31. The summed E-state index contributed by atoms with van der Waals surface area (Å²) in [6.45, 7) is 6.77. The van der Waals surface area contributed by atoms with Crippen LogP contribution in [-0.4, -0.2) is 39.0 Å². The molecule has 12 heteroatoms. The monoisotopic (exact) mass is 502 g/mol. The fraction of sp³-hybridized carbons (Fsp3) is 0.318. The highest BCUT2D eigenvalue weighted by Crippen LogP contribution is 2.31. The molecule has 1 atom stereocenters. The SMILES string of the molecule is C=C(C)CC(CO)C(=O)Nc1ccc(S(=O)(=O)Nc2cccc(OC(F)(F)F)c2)c(OCC)c1. The summed E-state index contributed by atoms with van der Waals surface area (Å²) in [4.78, 5) is 12.1. The molecule has 0 aliphatic carbocycles. The predicted octanol–water partition coefficient (Wildman–Crippen LogP) is 4.30. The molecule has 186 valence electrons. The molecule has 2 aromatic carbocycles. The van der Waals surface area contributed by atoms with E-state index in [1.165, 1.54) is 30.3 Å². The van der Waals surface area contributed by atoms with Crippen LogP contribution in [0.4, 0.5) is 24.5 Å². The molecule has 0 saturated carbocycles. The van der Waals surface area contributed by atoms with E-state index in [0.717, 1.165) is 12.1 Å². The summed E-state index contributed by atoms with van der Waals surface area (Å²) in [6.07, 6.45) is -4.66. The molecule has 0 aliphatic rings. The molecular weight excluding hydrogens is 477 g/mol. The first kappa shape index (κ1) is 27.0. The smallest absolute Gasteiger partial charge is 0.492 e. The number of carbonyl (C=O) groups excluding carboxylic acids is 1. The summed E-state index contributed by atoms with van der Waals surface area (Å²) < 4.78 is 74.6. The Morgan fingerprint density at radius 3 is 2.47 bits per heavy atom. The van der Waals surface area contributed by atoms with Gasteiger partial charge in [0.25, 0.3) is 10.0 Å². The van der Waals surface area contributed by atoms with Gasteiger partial charge in [0.2, 0.25) is 5.91 Å². The van der Waals surface area contributed by atoms with Gasteiger partial charge in [-0.05, 0) is 44.5 Å². The Labute approximate surface area is 195 Å². The lowest BCUT2D eigenvalue weighted by Gasteiger charge is -2.17. The van der Waals surface area contributed by atoms with Crippen molar-refractivity contribution in [2.45, 2.75) is 31.5 Å². The molecule has 0 heterocycles. The van der Waals surface area contributed by atoms with Gasteiger partial charge in [-0.25, -0.2) is 8.42 Å². The zero-order valence-electron chi connectivity index (χ0n) is 18.5. The maximum Gasteiger partial charge on any atom is 0.573 e. The molecule has 0 aliphatic heterocycles. The minimum Gasteiger partial charge on any atom is -0.492 e. The number of aliphatic hydroxyl groups is 1. The van der Waals surface area contributed by atoms with Crippen LogP contribution in [-0.2, 0) is 14.8 Å². The van der Waals surface area contributed by atoms with E-state index in [1.54, 1.807) is 13.8 Å². The first-order valence-corrected chi connectivity index (χ1v) is 11.5. The van der Waals surface area contributed by atoms with E-state index in [2.05, 4.69) is 21.4 Å². The lowest BCUT2D eigenvalue weighted by molar-refractivity contribution is -0.274. The molecule has 0 saturated heterocycles. The molecule has 1 unspecified atom stereocenters. The van der Waals surface area contributed by atoms with Crippen LogP contribution in [0.25, 0.3) is 0 Å². The summed E-state index contributed by atoms with van der Waals surface area (Å²) in [5.74, 6) is -1.90. The number of aliphatic hydroxyl groups excluding tert-OH is 1. The van der Waals surface area contributed by atoms with E-state index in [4.69, 9.17) is 4.74 Å². The van der Waals surface area contributed by atoms with Gasteiger partial charge >= 0.3 is 6.36 Å². The number of ether oxygens (including phenoxy) is 2. The molecule has 0 aromatic heterocycles. The number of hydrogen-bond donors (Lipinski definition) is 3. The van der Waals surface area contributed by atoms with Gasteiger partial charge < -0.3 is 19.9 Å². The normalized spacial score (nSPS) is 12.5. The average molecular weight is 503 g/mol. The third-order valence-electron chi connectivity index (χ3n) is 4.31. The summed E-state index contributed by atoms with van der Waals surface area (Å²) in [5.41, 5.74) is 0.779. The molecule has 8 nitrogen and oxygen atoms in total. The van der Waals surface area contributed by atoms with E-state index < -0.39 is 40.6 Å². The Morgan fingerprint density at radius 1 is 1.18 bits per heavy atom. The van der Waals surface area contributed by atoms with Crippen LogP contribution in [0, 0.1) is 5.92 Å². The maximum absolute atomic E-state index is 12.9. The average Bonchev–Trinajstić information content (AvgIpc) is 2.70. The van der Waals surface area contributed by atoms with Gasteiger partial charge in [-0.15, -0.1) is 19.8 Å². The largest absolute Gasteiger partial charge is 0.573 e. The molecule has 0 radical (unpaired) electrons. The van der Waals surface area contributed by atoms with Gasteiger partial charge in [-0.1, -0.05) is 11.6 Å². The molecule has 3 N–H and O–H groups in total. The van der Waals surface area contributed by atoms with Crippen molar-refractivity contribution < 1.29 is 41.0 Å². The number of benzene rings is 2. The topological polar surface area (TPSA) is 114 Å². The molecule has 34 heavy (non-hydrogen) atoms. The molecule has 0 spiro atoms. The van der Waals surface area contributed by atoms with Crippen LogP contribution in [0.3, 0.4) is 0 Å². The Balaban J connectivity index is 2.29. The second kappa shape index (κ2) is 11.3. The van der Waals surface area contributed by atoms with Gasteiger partial charge in [-0.2, -0.15) is 0 Å². The van der Waals surface area contributed by atoms with Crippen molar-refractivity contribution in [3.63, 3.8) is 0 Å². The van der Waals surface area contributed by atoms with Crippen LogP contribution in [0.15, 0.2) is 59.5 Å². The van der Waals surface area contributed by atoms with Gasteiger partial charge in [0, 0.05) is 17.8 Å². The zero-order valence-corrected chi connectivity index (χ0v) is 19.3. The quantitative estimate of drug-likeness (QED) is 0.395. The number of amides is 1. The molecule has 0 bridgehead atoms. The van der Waals surface area contributed by atoms with Crippen LogP contribution in [0.2, 0.25) is 0 Å². The Hall–Kier alpha value is -3.25. The van der Waals surface area contributed by atoms with Gasteiger partial charge in [0.15, 0.2) is 0 Å². The molecule has 2 aromatic rings. The number of halogens is 3. The van der Waals surface area contributed by atoms with Gasteiger partial charge in [0.05, 0.1) is 24.8 Å². The summed E-state index contributed by atoms with van der Waals surface area (Å²) in [6, 6.07) is 8.18. The minimum absolute atomic E-state index is 0.0871. The van der Waals surface area contributed by atoms with Crippen LogP contribution >= 0.6 is 0 Å². The fourth-order valence-electron chi connectivity index (χ4n) is 2.95. The number of anilines is 2. The Morgan fingerprint density at radius 2 is 1.88 bits per heavy atom. The molecule has 2 rings (SSSR count). The van der Waals surface area contributed by atoms with Crippen molar-refractivity contribution in [2.75, 3.05) is 23.3 Å². The third kappa shape index (κ3) is 7.96. The number of nitrogens with one attached hydrogen (secondary N) is 2. The van der Waals surface area contributed by atoms with Crippen molar-refractivity contribution in [1.82, 2.24) is 0 Å². The second-order valence-corrected chi connectivity index (χ2v) is 8.96. The van der Waals surface area contributed by atoms with Crippen molar-refractivity contribution in [3.05, 3.63) is 54.6 Å². The Kier molecular flexibility index (Phi) is 8.93. The number of alkyl halides is 3. The lowest BCUT2D eigenvalue weighted by atomic mass is 10.0. The summed E-state index contributed by atoms with van der Waals surface area (Å²) in [7, 11) is -4.28. The van der Waals surface area contributed by atoms with E-state index in [9.17, 15) is 31.5 Å². The highest BCUT2D eigenvalue weighted by molar-refractivity contribution is 7.92. The number of sulfonamides is 1. The van der Waals surface area contributed by atoms with Crippen molar-refractivity contribution in [1.29, 1.82) is 0 Å². The third-order valence-corrected chi connectivity index (χ3v) is 5.73. The molecule has 0 fully saturated rings. The fourth-order valence-corrected chi connectivity index (χ4v) is 4.13. The van der Waals surface area contributed by atoms with Crippen molar-refractivity contribution in [2.24, 2.45) is 5.92 Å². The Bertz CT molecular complexity index is 1140. The first-order valence-electron chi connectivity index (χ1n) is 10.1. The van der Waals surface area contributed by atoms with E-state index in [1.807, 2.05) is 0 Å². The van der Waals surface area contributed by atoms with E-state index in [-0.39, 0.29) is 35.0 Å². The number of rotatable bonds is 11. The number of allylic oxidation sites excluding steroid dienone is 1. The summed E-state index contributed by atoms with van der Waals surface area (Å²) >= 11 is 0. The number of carbonyl (C=O) groups is 1. The van der Waals surface area contributed by atoms with Crippen molar-refractivity contribution >= 4 is 27.3 Å². The number of hydrogen-bond acceptors (Lipinski definition) is 6. The van der Waals surface area contributed by atoms with Crippen LogP contribution in [0.1, 0.15) is 20.3 Å². The summed E-state index contributed by atoms with van der Waals surface area (Å²) in [5, 5.41) is 12.0. The second-order valence-electron chi connectivity index (χ2n) is 7.31. The standard InChI is InChI=1S/C22H25F3N2O6S/c1-4-32-19-12-16(26-21(29)15(13-28)10-14(2)3)8-9-20(19)34(30,31)27-17-6-5-7-18(11-17)33-22(23,24)25/h5-9,11-12,15,27-28H,2,4,10,13H2,1,3H3,(H,26,29). The zero-order chi connectivity index (χ0) is 25.5. The molecule has 1 amide bonds.